The number of alkyl carbamates (subject to hydrolysis) is 1. The van der Waals surface area contributed by atoms with Crippen molar-refractivity contribution in [3.63, 3.8) is 0 Å². The number of rotatable bonds is 8. The molecule has 0 aromatic carbocycles. The summed E-state index contributed by atoms with van der Waals surface area (Å²) in [5.74, 6) is 2.27. The Hall–Kier alpha value is -1.89. The summed E-state index contributed by atoms with van der Waals surface area (Å²) in [6, 6.07) is 4.17. The lowest BCUT2D eigenvalue weighted by molar-refractivity contribution is 0.0474. The first-order chi connectivity index (χ1) is 14.5. The van der Waals surface area contributed by atoms with Gasteiger partial charge in [0, 0.05) is 25.0 Å². The molecular weight excluding hydrogens is 541 g/mol. The number of nitrogens with zero attached hydrogens (tertiary/aromatic N) is 4. The van der Waals surface area contributed by atoms with Crippen LogP contribution in [0.5, 0.6) is 0 Å². The van der Waals surface area contributed by atoms with Crippen molar-refractivity contribution in [2.75, 3.05) is 13.1 Å². The fourth-order valence-electron chi connectivity index (χ4n) is 2.60. The van der Waals surface area contributed by atoms with Crippen molar-refractivity contribution < 1.29 is 9.53 Å². The smallest absolute Gasteiger partial charge is 0.408 e. The van der Waals surface area contributed by atoms with Gasteiger partial charge in [0.05, 0.1) is 5.54 Å². The van der Waals surface area contributed by atoms with Gasteiger partial charge in [-0.05, 0) is 59.4 Å². The van der Waals surface area contributed by atoms with Gasteiger partial charge in [-0.1, -0.05) is 6.07 Å². The van der Waals surface area contributed by atoms with E-state index in [1.807, 2.05) is 53.2 Å². The van der Waals surface area contributed by atoms with Gasteiger partial charge < -0.3 is 25.3 Å². The lowest BCUT2D eigenvalue weighted by Gasteiger charge is -2.29. The molecule has 0 saturated heterocycles. The largest absolute Gasteiger partial charge is 0.444 e. The highest BCUT2D eigenvalue weighted by atomic mass is 127. The summed E-state index contributed by atoms with van der Waals surface area (Å²) in [7, 11) is 1.92. The first-order valence-electron chi connectivity index (χ1n) is 10.4. The lowest BCUT2D eigenvalue weighted by Crippen LogP contribution is -2.54. The zero-order valence-corrected chi connectivity index (χ0v) is 23.1. The van der Waals surface area contributed by atoms with E-state index >= 15 is 0 Å². The highest BCUT2D eigenvalue weighted by Crippen LogP contribution is 2.10. The van der Waals surface area contributed by atoms with Crippen LogP contribution in [0.25, 0.3) is 0 Å². The molecule has 0 atom stereocenters. The van der Waals surface area contributed by atoms with Crippen LogP contribution in [0, 0.1) is 6.92 Å². The lowest BCUT2D eigenvalue weighted by atomic mass is 10.1. The van der Waals surface area contributed by atoms with E-state index in [0.29, 0.717) is 19.0 Å². The molecule has 0 bridgehead atoms. The monoisotopic (exact) mass is 577 g/mol. The third-order valence-electron chi connectivity index (χ3n) is 4.34. The van der Waals surface area contributed by atoms with Gasteiger partial charge in [-0.2, -0.15) is 0 Å². The molecule has 0 aliphatic carbocycles. The molecule has 2 heterocycles. The van der Waals surface area contributed by atoms with Crippen LogP contribution in [-0.2, 0) is 24.8 Å². The number of hydrogen-bond acceptors (Lipinski definition) is 6. The third kappa shape index (κ3) is 10.2. The van der Waals surface area contributed by atoms with Crippen LogP contribution >= 0.6 is 35.3 Å². The Kier molecular flexibility index (Phi) is 10.9. The molecule has 1 amide bonds. The second-order valence-corrected chi connectivity index (χ2v) is 10.0. The third-order valence-corrected chi connectivity index (χ3v) is 5.28. The Balaban J connectivity index is 0.00000512. The van der Waals surface area contributed by atoms with Crippen molar-refractivity contribution >= 4 is 47.4 Å². The summed E-state index contributed by atoms with van der Waals surface area (Å²) in [6.45, 7) is 12.9. The van der Waals surface area contributed by atoms with Crippen LogP contribution in [0.3, 0.4) is 0 Å². The van der Waals surface area contributed by atoms with E-state index in [1.54, 1.807) is 11.3 Å². The summed E-state index contributed by atoms with van der Waals surface area (Å²) in [5, 5.41) is 19.9. The Labute approximate surface area is 211 Å². The van der Waals surface area contributed by atoms with Crippen LogP contribution in [0.1, 0.15) is 51.1 Å². The topological polar surface area (TPSA) is 105 Å². The summed E-state index contributed by atoms with van der Waals surface area (Å²) >= 11 is 1.74. The standard InChI is InChI=1S/C21H35N7O2S.HI/c1-15-26-27-17(28(15)7)13-23-18(22-11-10-16-9-8-12-31-16)24-14-21(5,6)25-19(29)30-20(2,3)4;/h8-9,12H,10-11,13-14H2,1-7H3,(H,25,29)(H2,22,23,24);1H. The molecule has 2 aromatic heterocycles. The van der Waals surface area contributed by atoms with E-state index in [1.165, 1.54) is 4.88 Å². The maximum absolute atomic E-state index is 12.1. The Bertz CT molecular complexity index is 873. The molecule has 11 heteroatoms. The molecule has 0 spiro atoms. The molecule has 0 radical (unpaired) electrons. The van der Waals surface area contributed by atoms with E-state index in [9.17, 15) is 4.79 Å². The van der Waals surface area contributed by atoms with Gasteiger partial charge in [0.15, 0.2) is 11.8 Å². The predicted molar refractivity (Wildman–Crippen MR) is 140 cm³/mol. The number of nitrogens with one attached hydrogen (secondary N) is 3. The average Bonchev–Trinajstić information content (AvgIpc) is 3.26. The van der Waals surface area contributed by atoms with E-state index in [2.05, 4.69) is 48.7 Å². The molecule has 0 saturated carbocycles. The maximum Gasteiger partial charge on any atom is 0.408 e. The van der Waals surface area contributed by atoms with Crippen molar-refractivity contribution in [2.24, 2.45) is 12.0 Å². The predicted octanol–water partition coefficient (Wildman–Crippen LogP) is 3.38. The maximum atomic E-state index is 12.1. The SMILES string of the molecule is Cc1nnc(CN=C(NCCc2cccs2)NCC(C)(C)NC(=O)OC(C)(C)C)n1C.I. The molecular formula is C21H36IN7O2S. The number of aromatic nitrogens is 3. The van der Waals surface area contributed by atoms with Crippen molar-refractivity contribution in [3.8, 4) is 0 Å². The zero-order chi connectivity index (χ0) is 23.1. The van der Waals surface area contributed by atoms with E-state index in [-0.39, 0.29) is 24.0 Å². The first-order valence-corrected chi connectivity index (χ1v) is 11.2. The Morgan fingerprint density at radius 1 is 1.22 bits per heavy atom. The van der Waals surface area contributed by atoms with Gasteiger partial charge >= 0.3 is 6.09 Å². The minimum Gasteiger partial charge on any atom is -0.444 e. The molecule has 0 unspecified atom stereocenters. The van der Waals surface area contributed by atoms with E-state index in [4.69, 9.17) is 4.74 Å². The Morgan fingerprint density at radius 2 is 1.94 bits per heavy atom. The van der Waals surface area contributed by atoms with Crippen LogP contribution in [-0.4, -0.2) is 51.0 Å². The van der Waals surface area contributed by atoms with Gasteiger partial charge in [0.1, 0.15) is 18.0 Å². The molecule has 0 aliphatic heterocycles. The van der Waals surface area contributed by atoms with Crippen LogP contribution in [0.2, 0.25) is 0 Å². The number of carbonyl (C=O) groups excluding carboxylic acids is 1. The first kappa shape index (κ1) is 28.1. The molecule has 9 nitrogen and oxygen atoms in total. The van der Waals surface area contributed by atoms with E-state index < -0.39 is 17.2 Å². The molecule has 180 valence electrons. The summed E-state index contributed by atoms with van der Waals surface area (Å²) in [5.41, 5.74) is -1.09. The zero-order valence-electron chi connectivity index (χ0n) is 20.0. The second-order valence-electron chi connectivity index (χ2n) is 9.01. The highest BCUT2D eigenvalue weighted by molar-refractivity contribution is 14.0. The molecule has 2 rings (SSSR count). The number of aryl methyl sites for hydroxylation is 1. The summed E-state index contributed by atoms with van der Waals surface area (Å²) in [6.07, 6.45) is 0.457. The number of hydrogen-bond donors (Lipinski definition) is 3. The highest BCUT2D eigenvalue weighted by Gasteiger charge is 2.24. The molecule has 0 fully saturated rings. The van der Waals surface area contributed by atoms with Gasteiger partial charge in [-0.15, -0.1) is 45.5 Å². The van der Waals surface area contributed by atoms with E-state index in [0.717, 1.165) is 24.6 Å². The number of thiophene rings is 1. The fraction of sp³-hybridized carbons (Fsp3) is 0.619. The number of halogens is 1. The number of carbonyl (C=O) groups is 1. The molecule has 3 N–H and O–H groups in total. The minimum absolute atomic E-state index is 0. The van der Waals surface area contributed by atoms with Gasteiger partial charge in [-0.3, -0.25) is 0 Å². The van der Waals surface area contributed by atoms with Gasteiger partial charge in [0.25, 0.3) is 0 Å². The second kappa shape index (κ2) is 12.4. The normalized spacial score (nSPS) is 12.2. The number of guanidine groups is 1. The molecule has 32 heavy (non-hydrogen) atoms. The van der Waals surface area contributed by atoms with Crippen molar-refractivity contribution in [1.29, 1.82) is 0 Å². The van der Waals surface area contributed by atoms with Crippen LogP contribution in [0.4, 0.5) is 4.79 Å². The van der Waals surface area contributed by atoms with Crippen LogP contribution in [0.15, 0.2) is 22.5 Å². The fourth-order valence-corrected chi connectivity index (χ4v) is 3.31. The summed E-state index contributed by atoms with van der Waals surface area (Å²) < 4.78 is 7.28. The van der Waals surface area contributed by atoms with Crippen molar-refractivity contribution in [2.45, 2.75) is 65.6 Å². The average molecular weight is 578 g/mol. The molecule has 0 aliphatic rings. The Morgan fingerprint density at radius 3 is 2.50 bits per heavy atom. The number of amides is 1. The summed E-state index contributed by atoms with van der Waals surface area (Å²) in [4.78, 5) is 18.1. The van der Waals surface area contributed by atoms with Crippen molar-refractivity contribution in [3.05, 3.63) is 34.0 Å². The quantitative estimate of drug-likeness (QED) is 0.253. The van der Waals surface area contributed by atoms with Gasteiger partial charge in [0.2, 0.25) is 0 Å². The number of ether oxygens (including phenoxy) is 1. The number of aliphatic imine (C=N–C) groups is 1. The van der Waals surface area contributed by atoms with Crippen LogP contribution < -0.4 is 16.0 Å². The minimum atomic E-state index is -0.544. The molecule has 2 aromatic rings. The van der Waals surface area contributed by atoms with Gasteiger partial charge in [-0.25, -0.2) is 9.79 Å². The van der Waals surface area contributed by atoms with Crippen molar-refractivity contribution in [1.82, 2.24) is 30.7 Å².